The van der Waals surface area contributed by atoms with E-state index in [1.54, 1.807) is 0 Å². The summed E-state index contributed by atoms with van der Waals surface area (Å²) in [4.78, 5) is 3.32. The number of benzene rings is 3. The van der Waals surface area contributed by atoms with Gasteiger partial charge >= 0.3 is 0 Å². The van der Waals surface area contributed by atoms with Gasteiger partial charge in [-0.1, -0.05) is 81.4 Å². The number of alkyl halides is 2. The van der Waals surface area contributed by atoms with Gasteiger partial charge in [0.05, 0.1) is 19.8 Å². The molecule has 2 N–H and O–H groups in total. The molecule has 1 unspecified atom stereocenters. The van der Waals surface area contributed by atoms with E-state index in [2.05, 4.69) is 37.1 Å². The lowest BCUT2D eigenvalue weighted by atomic mass is 10.1. The van der Waals surface area contributed by atoms with Crippen LogP contribution in [-0.2, 0) is 10.8 Å². The van der Waals surface area contributed by atoms with Crippen LogP contribution in [0, 0.1) is 5.92 Å². The zero-order valence-corrected chi connectivity index (χ0v) is 25.6. The number of hydrogen-bond donors (Lipinski definition) is 2. The number of ether oxygens (including phenoxy) is 1. The molecule has 1 saturated carbocycles. The van der Waals surface area contributed by atoms with Gasteiger partial charge in [0, 0.05) is 29.2 Å². The highest BCUT2D eigenvalue weighted by molar-refractivity contribution is 6.99. The third-order valence-electron chi connectivity index (χ3n) is 8.07. The zero-order valence-electron chi connectivity index (χ0n) is 24.6. The molecule has 4 aromatic rings. The van der Waals surface area contributed by atoms with Crippen molar-refractivity contribution in [3.05, 3.63) is 90.6 Å². The van der Waals surface area contributed by atoms with Crippen molar-refractivity contribution in [3.8, 4) is 5.75 Å². The van der Waals surface area contributed by atoms with Crippen molar-refractivity contribution >= 4 is 29.6 Å². The van der Waals surface area contributed by atoms with Crippen LogP contribution in [0.1, 0.15) is 46.1 Å². The average molecular weight is 577 g/mol. The van der Waals surface area contributed by atoms with Gasteiger partial charge in [0.1, 0.15) is 5.75 Å². The quantitative estimate of drug-likeness (QED) is 0.174. The monoisotopic (exact) mass is 576 g/mol. The van der Waals surface area contributed by atoms with Gasteiger partial charge in [-0.25, -0.2) is 8.78 Å². The van der Waals surface area contributed by atoms with E-state index in [4.69, 9.17) is 9.16 Å². The van der Waals surface area contributed by atoms with E-state index in [0.29, 0.717) is 12.3 Å². The minimum Gasteiger partial charge on any atom is -0.493 e. The maximum absolute atomic E-state index is 15.5. The molecule has 1 aliphatic rings. The number of aromatic amines is 1. The Bertz CT molecular complexity index is 1380. The maximum Gasteiger partial charge on any atom is 0.281 e. The number of halogens is 2. The molecule has 0 aliphatic heterocycles. The lowest BCUT2D eigenvalue weighted by Gasteiger charge is -2.43. The first-order valence-electron chi connectivity index (χ1n) is 14.7. The highest BCUT2D eigenvalue weighted by Crippen LogP contribution is 2.37. The number of hydrogen-bond acceptors (Lipinski definition) is 3. The van der Waals surface area contributed by atoms with E-state index in [0.717, 1.165) is 39.2 Å². The van der Waals surface area contributed by atoms with Crippen molar-refractivity contribution in [3.63, 3.8) is 0 Å². The van der Waals surface area contributed by atoms with Gasteiger partial charge in [-0.15, -0.1) is 0 Å². The first kappa shape index (κ1) is 29.5. The number of H-pyrrole nitrogens is 1. The topological polar surface area (TPSA) is 46.3 Å². The van der Waals surface area contributed by atoms with E-state index in [1.807, 2.05) is 85.9 Å². The minimum atomic E-state index is -3.03. The smallest absolute Gasteiger partial charge is 0.281 e. The third-order valence-corrected chi connectivity index (χ3v) is 13.1. The lowest BCUT2D eigenvalue weighted by molar-refractivity contribution is -0.0433. The first-order chi connectivity index (χ1) is 19.6. The van der Waals surface area contributed by atoms with Gasteiger partial charge < -0.3 is 19.5 Å². The molecule has 7 heteroatoms. The molecule has 1 atom stereocenters. The van der Waals surface area contributed by atoms with Crippen molar-refractivity contribution in [2.75, 3.05) is 19.8 Å². The predicted molar refractivity (Wildman–Crippen MR) is 166 cm³/mol. The second-order valence-corrected chi connectivity index (χ2v) is 16.9. The number of aromatic nitrogens is 1. The van der Waals surface area contributed by atoms with Crippen molar-refractivity contribution in [2.24, 2.45) is 5.92 Å². The summed E-state index contributed by atoms with van der Waals surface area (Å²) in [5.74, 6) is -1.47. The van der Waals surface area contributed by atoms with E-state index in [9.17, 15) is 0 Å². The van der Waals surface area contributed by atoms with E-state index < -0.39 is 27.4 Å². The summed E-state index contributed by atoms with van der Waals surface area (Å²) in [6.45, 7) is 7.92. The molecular formula is C34H42F2N2O2Si. The molecular weight excluding hydrogens is 534 g/mol. The highest BCUT2D eigenvalue weighted by atomic mass is 28.4. The van der Waals surface area contributed by atoms with E-state index in [-0.39, 0.29) is 11.1 Å². The van der Waals surface area contributed by atoms with Gasteiger partial charge in [0.2, 0.25) is 0 Å². The number of rotatable bonds is 13. The van der Waals surface area contributed by atoms with Gasteiger partial charge in [0.15, 0.2) is 0 Å². The minimum absolute atomic E-state index is 0.140. The van der Waals surface area contributed by atoms with Crippen molar-refractivity contribution in [1.82, 2.24) is 10.3 Å². The Morgan fingerprint density at radius 1 is 0.951 bits per heavy atom. The van der Waals surface area contributed by atoms with Gasteiger partial charge in [-0.2, -0.15) is 0 Å². The molecule has 4 nitrogen and oxygen atoms in total. The molecule has 1 aromatic heterocycles. The molecule has 1 aliphatic carbocycles. The summed E-state index contributed by atoms with van der Waals surface area (Å²) < 4.78 is 43.3. The van der Waals surface area contributed by atoms with Crippen LogP contribution in [-0.4, -0.2) is 45.0 Å². The van der Waals surface area contributed by atoms with Crippen LogP contribution in [0.3, 0.4) is 0 Å². The standard InChI is InChI=1S/C34H42F2N2O2Si/c1-25(19-27-21-37-32-20-28(17-18-31(27)32)39-22-26-15-16-26)38-23-34(35,36)24-40-41(33(2,3)4,29-11-7-5-8-12-29)30-13-9-6-10-14-30/h5-14,17-18,20-21,25-26,37-38H,15-16,19,22-24H2,1-4H3. The fourth-order valence-corrected chi connectivity index (χ4v) is 10.3. The predicted octanol–water partition coefficient (Wildman–Crippen LogP) is 6.69. The molecule has 41 heavy (non-hydrogen) atoms. The molecule has 218 valence electrons. The van der Waals surface area contributed by atoms with Crippen LogP contribution in [0.5, 0.6) is 5.75 Å². The lowest BCUT2D eigenvalue weighted by Crippen LogP contribution is -2.67. The zero-order chi connectivity index (χ0) is 29.1. The third kappa shape index (κ3) is 6.91. The number of nitrogens with one attached hydrogen (secondary N) is 2. The molecule has 0 radical (unpaired) electrons. The Balaban J connectivity index is 1.24. The second-order valence-electron chi connectivity index (χ2n) is 12.6. The Morgan fingerprint density at radius 3 is 2.17 bits per heavy atom. The van der Waals surface area contributed by atoms with Crippen LogP contribution in [0.25, 0.3) is 10.9 Å². The van der Waals surface area contributed by atoms with Crippen LogP contribution in [0.15, 0.2) is 85.1 Å². The molecule has 3 aromatic carbocycles. The molecule has 0 saturated heterocycles. The summed E-state index contributed by atoms with van der Waals surface area (Å²) in [5.41, 5.74) is 2.10. The van der Waals surface area contributed by atoms with Crippen molar-refractivity contribution in [2.45, 2.75) is 64.0 Å². The fraction of sp³-hybridized carbons (Fsp3) is 0.412. The largest absolute Gasteiger partial charge is 0.493 e. The van der Waals surface area contributed by atoms with E-state index in [1.165, 1.54) is 12.8 Å². The normalized spacial score (nSPS) is 15.3. The van der Waals surface area contributed by atoms with Crippen LogP contribution >= 0.6 is 0 Å². The Kier molecular flexibility index (Phi) is 8.69. The highest BCUT2D eigenvalue weighted by Gasteiger charge is 2.51. The Hall–Kier alpha value is -3.00. The van der Waals surface area contributed by atoms with Crippen LogP contribution < -0.4 is 20.4 Å². The SMILES string of the molecule is CC(Cc1c[nH]c2cc(OCC3CC3)ccc12)NCC(F)(F)CO[Si](c1ccccc1)(c1ccccc1)C(C)(C)C. The molecule has 1 heterocycles. The second kappa shape index (κ2) is 12.1. The number of fused-ring (bicyclic) bond motifs is 1. The fourth-order valence-electron chi connectivity index (χ4n) is 5.67. The molecule has 0 amide bonds. The van der Waals surface area contributed by atoms with Gasteiger partial charge in [0.25, 0.3) is 14.2 Å². The summed E-state index contributed by atoms with van der Waals surface area (Å²) in [6.07, 6.45) is 5.11. The molecule has 1 fully saturated rings. The van der Waals surface area contributed by atoms with Crippen molar-refractivity contribution in [1.29, 1.82) is 0 Å². The first-order valence-corrected chi connectivity index (χ1v) is 16.6. The summed E-state index contributed by atoms with van der Waals surface area (Å²) in [5, 5.41) is 5.81. The Morgan fingerprint density at radius 2 is 1.59 bits per heavy atom. The summed E-state index contributed by atoms with van der Waals surface area (Å²) in [6, 6.07) is 25.8. The molecule has 0 bridgehead atoms. The summed E-state index contributed by atoms with van der Waals surface area (Å²) in [7, 11) is -3.03. The van der Waals surface area contributed by atoms with Crippen LogP contribution in [0.4, 0.5) is 8.78 Å². The van der Waals surface area contributed by atoms with Gasteiger partial charge in [-0.05, 0) is 65.2 Å². The Labute approximate surface area is 243 Å². The molecule has 0 spiro atoms. The van der Waals surface area contributed by atoms with E-state index >= 15 is 8.78 Å². The average Bonchev–Trinajstić information content (AvgIpc) is 3.71. The van der Waals surface area contributed by atoms with Crippen LogP contribution in [0.2, 0.25) is 5.04 Å². The van der Waals surface area contributed by atoms with Gasteiger partial charge in [-0.3, -0.25) is 0 Å². The maximum atomic E-state index is 15.5. The van der Waals surface area contributed by atoms with Crippen molar-refractivity contribution < 1.29 is 17.9 Å². The summed E-state index contributed by atoms with van der Waals surface area (Å²) >= 11 is 0. The molecule has 5 rings (SSSR count).